The average molecular weight is 252 g/mol. The maximum absolute atomic E-state index is 6.16. The molecule has 2 rings (SSSR count). The van der Waals surface area contributed by atoms with Crippen LogP contribution in [-0.4, -0.2) is 30.1 Å². The van der Waals surface area contributed by atoms with Gasteiger partial charge >= 0.3 is 0 Å². The number of likely N-dealkylation sites (tertiary alicyclic amines) is 1. The van der Waals surface area contributed by atoms with Crippen molar-refractivity contribution in [2.24, 2.45) is 23.5 Å². The van der Waals surface area contributed by atoms with Crippen molar-refractivity contribution in [1.82, 2.24) is 4.90 Å². The quantitative estimate of drug-likeness (QED) is 0.835. The van der Waals surface area contributed by atoms with Crippen LogP contribution in [0.4, 0.5) is 0 Å². The Bertz CT molecular complexity index is 253. The summed E-state index contributed by atoms with van der Waals surface area (Å²) >= 11 is 0. The first-order chi connectivity index (χ1) is 8.58. The van der Waals surface area contributed by atoms with Crippen LogP contribution < -0.4 is 5.73 Å². The summed E-state index contributed by atoms with van der Waals surface area (Å²) in [5.41, 5.74) is 6.16. The lowest BCUT2D eigenvalue weighted by molar-refractivity contribution is 0.0872. The number of hydrogen-bond donors (Lipinski definition) is 1. The van der Waals surface area contributed by atoms with Crippen LogP contribution in [0.1, 0.15) is 59.3 Å². The summed E-state index contributed by atoms with van der Waals surface area (Å²) < 4.78 is 0. The molecule has 1 aliphatic carbocycles. The predicted octanol–water partition coefficient (Wildman–Crippen LogP) is 3.26. The normalized spacial score (nSPS) is 43.0. The lowest BCUT2D eigenvalue weighted by atomic mass is 9.80. The fourth-order valence-electron chi connectivity index (χ4n) is 3.96. The molecule has 0 spiro atoms. The molecular weight excluding hydrogens is 220 g/mol. The third kappa shape index (κ3) is 3.48. The summed E-state index contributed by atoms with van der Waals surface area (Å²) in [7, 11) is 0. The van der Waals surface area contributed by atoms with Crippen LogP contribution in [0, 0.1) is 17.8 Å². The number of nitrogens with two attached hydrogens (primary N) is 1. The Morgan fingerprint density at radius 1 is 1.11 bits per heavy atom. The van der Waals surface area contributed by atoms with Gasteiger partial charge in [-0.25, -0.2) is 0 Å². The highest BCUT2D eigenvalue weighted by Gasteiger charge is 2.30. The van der Waals surface area contributed by atoms with E-state index in [1.165, 1.54) is 51.6 Å². The maximum atomic E-state index is 6.16. The van der Waals surface area contributed by atoms with Gasteiger partial charge in [0.2, 0.25) is 0 Å². The highest BCUT2D eigenvalue weighted by molar-refractivity contribution is 4.87. The molecule has 106 valence electrons. The SMILES string of the molecule is CC1CCCC(CCN2CCC(N)C(C)C2C)C1. The van der Waals surface area contributed by atoms with Crippen molar-refractivity contribution in [2.75, 3.05) is 13.1 Å². The third-order valence-electron chi connectivity index (χ3n) is 5.63. The molecule has 2 heteroatoms. The lowest BCUT2D eigenvalue weighted by Gasteiger charge is -2.42. The standard InChI is InChI=1S/C16H32N2/c1-12-5-4-6-15(11-12)7-9-18-10-8-16(17)13(2)14(18)3/h12-16H,4-11,17H2,1-3H3. The first-order valence-electron chi connectivity index (χ1n) is 8.07. The molecule has 5 atom stereocenters. The molecule has 2 nitrogen and oxygen atoms in total. The van der Waals surface area contributed by atoms with E-state index in [0.29, 0.717) is 18.0 Å². The largest absolute Gasteiger partial charge is 0.327 e. The summed E-state index contributed by atoms with van der Waals surface area (Å²) in [6.07, 6.45) is 8.47. The van der Waals surface area contributed by atoms with Crippen molar-refractivity contribution < 1.29 is 0 Å². The Labute approximate surface area is 113 Å². The van der Waals surface area contributed by atoms with E-state index in [0.717, 1.165) is 11.8 Å². The van der Waals surface area contributed by atoms with Gasteiger partial charge in [-0.05, 0) is 57.0 Å². The van der Waals surface area contributed by atoms with Crippen molar-refractivity contribution in [3.8, 4) is 0 Å². The summed E-state index contributed by atoms with van der Waals surface area (Å²) in [5.74, 6) is 2.62. The summed E-state index contributed by atoms with van der Waals surface area (Å²) in [4.78, 5) is 2.69. The zero-order chi connectivity index (χ0) is 13.1. The van der Waals surface area contributed by atoms with Gasteiger partial charge in [0.05, 0.1) is 0 Å². The maximum Gasteiger partial charge on any atom is 0.0107 e. The van der Waals surface area contributed by atoms with E-state index >= 15 is 0 Å². The van der Waals surface area contributed by atoms with Gasteiger partial charge in [-0.2, -0.15) is 0 Å². The molecule has 1 heterocycles. The Morgan fingerprint density at radius 2 is 1.89 bits per heavy atom. The second-order valence-electron chi connectivity index (χ2n) is 7.01. The molecule has 2 N–H and O–H groups in total. The summed E-state index contributed by atoms with van der Waals surface area (Å²) in [6.45, 7) is 9.64. The van der Waals surface area contributed by atoms with Gasteiger partial charge in [-0.1, -0.05) is 33.1 Å². The van der Waals surface area contributed by atoms with E-state index in [9.17, 15) is 0 Å². The molecule has 5 unspecified atom stereocenters. The molecule has 0 amide bonds. The fraction of sp³-hybridized carbons (Fsp3) is 1.00. The van der Waals surface area contributed by atoms with Crippen LogP contribution in [0.5, 0.6) is 0 Å². The Hall–Kier alpha value is -0.0800. The van der Waals surface area contributed by atoms with Gasteiger partial charge in [0.1, 0.15) is 0 Å². The van der Waals surface area contributed by atoms with Crippen LogP contribution in [0.2, 0.25) is 0 Å². The topological polar surface area (TPSA) is 29.3 Å². The van der Waals surface area contributed by atoms with Crippen molar-refractivity contribution in [3.05, 3.63) is 0 Å². The zero-order valence-corrected chi connectivity index (χ0v) is 12.6. The van der Waals surface area contributed by atoms with Crippen LogP contribution in [0.25, 0.3) is 0 Å². The Kier molecular flexibility index (Phi) is 5.08. The minimum Gasteiger partial charge on any atom is -0.327 e. The number of nitrogens with zero attached hydrogens (tertiary/aromatic N) is 1. The molecular formula is C16H32N2. The van der Waals surface area contributed by atoms with Gasteiger partial charge in [0, 0.05) is 12.1 Å². The number of rotatable bonds is 3. The van der Waals surface area contributed by atoms with E-state index in [1.807, 2.05) is 0 Å². The highest BCUT2D eigenvalue weighted by atomic mass is 15.2. The average Bonchev–Trinajstić information content (AvgIpc) is 2.35. The second kappa shape index (κ2) is 6.38. The van der Waals surface area contributed by atoms with Gasteiger partial charge in [0.25, 0.3) is 0 Å². The van der Waals surface area contributed by atoms with Gasteiger partial charge in [-0.15, -0.1) is 0 Å². The fourth-order valence-corrected chi connectivity index (χ4v) is 3.96. The van der Waals surface area contributed by atoms with Gasteiger partial charge in [-0.3, -0.25) is 0 Å². The third-order valence-corrected chi connectivity index (χ3v) is 5.63. The van der Waals surface area contributed by atoms with Gasteiger partial charge in [0.15, 0.2) is 0 Å². The number of piperidine rings is 1. The van der Waals surface area contributed by atoms with E-state index < -0.39 is 0 Å². The molecule has 2 aliphatic rings. The van der Waals surface area contributed by atoms with Crippen LogP contribution >= 0.6 is 0 Å². The molecule has 0 aromatic carbocycles. The lowest BCUT2D eigenvalue weighted by Crippen LogP contribution is -2.52. The Balaban J connectivity index is 1.76. The minimum absolute atomic E-state index is 0.422. The molecule has 2 fully saturated rings. The van der Waals surface area contributed by atoms with Crippen molar-refractivity contribution in [1.29, 1.82) is 0 Å². The van der Waals surface area contributed by atoms with Crippen LogP contribution in [-0.2, 0) is 0 Å². The van der Waals surface area contributed by atoms with Crippen molar-refractivity contribution in [3.63, 3.8) is 0 Å². The molecule has 0 bridgehead atoms. The van der Waals surface area contributed by atoms with Crippen molar-refractivity contribution in [2.45, 2.75) is 71.4 Å². The molecule has 0 radical (unpaired) electrons. The highest BCUT2D eigenvalue weighted by Crippen LogP contribution is 2.31. The van der Waals surface area contributed by atoms with E-state index in [4.69, 9.17) is 5.73 Å². The van der Waals surface area contributed by atoms with Crippen LogP contribution in [0.3, 0.4) is 0 Å². The first kappa shape index (κ1) is 14.3. The van der Waals surface area contributed by atoms with E-state index in [-0.39, 0.29) is 0 Å². The predicted molar refractivity (Wildman–Crippen MR) is 78.5 cm³/mol. The Morgan fingerprint density at radius 3 is 2.61 bits per heavy atom. The first-order valence-corrected chi connectivity index (χ1v) is 8.07. The molecule has 18 heavy (non-hydrogen) atoms. The smallest absolute Gasteiger partial charge is 0.0107 e. The summed E-state index contributed by atoms with van der Waals surface area (Å²) in [5, 5.41) is 0. The minimum atomic E-state index is 0.422. The second-order valence-corrected chi connectivity index (χ2v) is 7.01. The molecule has 1 saturated carbocycles. The molecule has 1 saturated heterocycles. The molecule has 1 aliphatic heterocycles. The van der Waals surface area contributed by atoms with Crippen molar-refractivity contribution >= 4 is 0 Å². The summed E-state index contributed by atoms with van der Waals surface area (Å²) in [6, 6.07) is 1.10. The van der Waals surface area contributed by atoms with Gasteiger partial charge < -0.3 is 10.6 Å². The monoisotopic (exact) mass is 252 g/mol. The van der Waals surface area contributed by atoms with Crippen LogP contribution in [0.15, 0.2) is 0 Å². The van der Waals surface area contributed by atoms with E-state index in [1.54, 1.807) is 0 Å². The number of hydrogen-bond acceptors (Lipinski definition) is 2. The van der Waals surface area contributed by atoms with E-state index in [2.05, 4.69) is 25.7 Å². The molecule has 0 aromatic heterocycles. The molecule has 0 aromatic rings. The zero-order valence-electron chi connectivity index (χ0n) is 12.6.